The molecule has 2 N–H and O–H groups in total. The monoisotopic (exact) mass is 245 g/mol. The largest absolute Gasteiger partial charge is 0.448 e. The van der Waals surface area contributed by atoms with Crippen LogP contribution in [0, 0.1) is 6.92 Å². The van der Waals surface area contributed by atoms with Crippen LogP contribution in [0.15, 0.2) is 10.8 Å². The van der Waals surface area contributed by atoms with E-state index >= 15 is 0 Å². The topological polar surface area (TPSA) is 72.4 Å². The Labute approximate surface area is 100 Å². The highest BCUT2D eigenvalue weighted by atomic mass is 35.5. The highest BCUT2D eigenvalue weighted by Gasteiger charge is 2.30. The summed E-state index contributed by atoms with van der Waals surface area (Å²) in [6, 6.07) is 0.161. The van der Waals surface area contributed by atoms with Crippen molar-refractivity contribution in [1.29, 1.82) is 0 Å². The number of carbonyl (C=O) groups excluding carboxylic acids is 1. The first kappa shape index (κ1) is 13.0. The Balaban J connectivity index is 0.00000128. The third-order valence-electron chi connectivity index (χ3n) is 2.86. The molecule has 5 nitrogen and oxygen atoms in total. The summed E-state index contributed by atoms with van der Waals surface area (Å²) in [5.74, 6) is 0.511. The lowest BCUT2D eigenvalue weighted by atomic mass is 10.2. The Kier molecular flexibility index (Phi) is 4.32. The summed E-state index contributed by atoms with van der Waals surface area (Å²) in [6.07, 6.45) is 3.31. The zero-order chi connectivity index (χ0) is 10.8. The van der Waals surface area contributed by atoms with Crippen LogP contribution in [0.5, 0.6) is 0 Å². The van der Waals surface area contributed by atoms with Crippen LogP contribution in [-0.4, -0.2) is 34.9 Å². The second kappa shape index (κ2) is 5.32. The summed E-state index contributed by atoms with van der Waals surface area (Å²) < 4.78 is 5.02. The summed E-state index contributed by atoms with van der Waals surface area (Å²) in [4.78, 5) is 17.8. The van der Waals surface area contributed by atoms with E-state index in [9.17, 15) is 4.79 Å². The minimum atomic E-state index is -0.0609. The van der Waals surface area contributed by atoms with Crippen molar-refractivity contribution in [2.75, 3.05) is 13.1 Å². The lowest BCUT2D eigenvalue weighted by molar-refractivity contribution is 0.0734. The van der Waals surface area contributed by atoms with Gasteiger partial charge in [0.25, 0.3) is 5.91 Å². The number of rotatable bonds is 2. The van der Waals surface area contributed by atoms with E-state index in [-0.39, 0.29) is 24.4 Å². The predicted octanol–water partition coefficient (Wildman–Crippen LogP) is 0.968. The maximum atomic E-state index is 12.0. The molecule has 6 heteroatoms. The minimum absolute atomic E-state index is 0. The van der Waals surface area contributed by atoms with E-state index in [2.05, 4.69) is 4.98 Å². The Morgan fingerprint density at radius 3 is 3.06 bits per heavy atom. The van der Waals surface area contributed by atoms with Gasteiger partial charge in [-0.15, -0.1) is 12.4 Å². The van der Waals surface area contributed by atoms with Crippen molar-refractivity contribution in [3.05, 3.63) is 17.8 Å². The number of nitrogens with zero attached hydrogens (tertiary/aromatic N) is 2. The number of likely N-dealkylation sites (tertiary alicyclic amines) is 1. The number of halogens is 1. The van der Waals surface area contributed by atoms with Gasteiger partial charge in [-0.3, -0.25) is 4.79 Å². The van der Waals surface area contributed by atoms with Crippen LogP contribution in [0.4, 0.5) is 0 Å². The molecule has 1 amide bonds. The summed E-state index contributed by atoms with van der Waals surface area (Å²) in [7, 11) is 0. The smallest absolute Gasteiger partial charge is 0.276 e. The molecule has 1 aliphatic rings. The molecule has 1 saturated heterocycles. The van der Waals surface area contributed by atoms with E-state index < -0.39 is 0 Å². The molecule has 1 fully saturated rings. The number of amides is 1. The first-order chi connectivity index (χ1) is 7.24. The molecule has 1 aromatic heterocycles. The fraction of sp³-hybridized carbons (Fsp3) is 0.600. The van der Waals surface area contributed by atoms with E-state index in [0.29, 0.717) is 18.0 Å². The van der Waals surface area contributed by atoms with Crippen LogP contribution in [-0.2, 0) is 0 Å². The summed E-state index contributed by atoms with van der Waals surface area (Å²) in [5.41, 5.74) is 6.03. The summed E-state index contributed by atoms with van der Waals surface area (Å²) in [6.45, 7) is 3.03. The van der Waals surface area contributed by atoms with E-state index in [0.717, 1.165) is 19.4 Å². The van der Waals surface area contributed by atoms with Crippen molar-refractivity contribution in [2.45, 2.75) is 25.8 Å². The van der Waals surface area contributed by atoms with Crippen LogP contribution in [0.2, 0.25) is 0 Å². The Hall–Kier alpha value is -1.07. The van der Waals surface area contributed by atoms with Crippen molar-refractivity contribution in [2.24, 2.45) is 5.73 Å². The normalized spacial score (nSPS) is 19.6. The van der Waals surface area contributed by atoms with E-state index in [1.807, 2.05) is 0 Å². The minimum Gasteiger partial charge on any atom is -0.448 e. The van der Waals surface area contributed by atoms with Gasteiger partial charge in [-0.1, -0.05) is 0 Å². The molecule has 0 saturated carbocycles. The molecule has 90 valence electrons. The molecule has 1 unspecified atom stereocenters. The molecule has 0 aromatic carbocycles. The molecular formula is C10H16ClN3O2. The Morgan fingerprint density at radius 1 is 1.75 bits per heavy atom. The zero-order valence-corrected chi connectivity index (χ0v) is 10.00. The molecular weight excluding hydrogens is 230 g/mol. The number of aryl methyl sites for hydroxylation is 1. The lowest BCUT2D eigenvalue weighted by Gasteiger charge is -2.22. The fourth-order valence-electron chi connectivity index (χ4n) is 1.99. The maximum Gasteiger partial charge on any atom is 0.276 e. The van der Waals surface area contributed by atoms with Crippen LogP contribution >= 0.6 is 12.4 Å². The van der Waals surface area contributed by atoms with Gasteiger partial charge in [-0.2, -0.15) is 0 Å². The molecule has 0 spiro atoms. The lowest BCUT2D eigenvalue weighted by Crippen LogP contribution is -2.40. The Morgan fingerprint density at radius 2 is 2.50 bits per heavy atom. The highest BCUT2D eigenvalue weighted by molar-refractivity contribution is 5.93. The second-order valence-corrected chi connectivity index (χ2v) is 3.79. The number of hydrogen-bond donors (Lipinski definition) is 1. The van der Waals surface area contributed by atoms with Crippen molar-refractivity contribution in [3.8, 4) is 0 Å². The van der Waals surface area contributed by atoms with Crippen LogP contribution in [0.25, 0.3) is 0 Å². The average molecular weight is 246 g/mol. The van der Waals surface area contributed by atoms with Crippen LogP contribution < -0.4 is 5.73 Å². The Bertz CT molecular complexity index is 367. The molecule has 2 heterocycles. The number of aromatic nitrogens is 1. The van der Waals surface area contributed by atoms with Crippen molar-refractivity contribution in [3.63, 3.8) is 0 Å². The molecule has 0 bridgehead atoms. The van der Waals surface area contributed by atoms with Gasteiger partial charge in [0.05, 0.1) is 0 Å². The predicted molar refractivity (Wildman–Crippen MR) is 61.6 cm³/mol. The first-order valence-corrected chi connectivity index (χ1v) is 5.15. The van der Waals surface area contributed by atoms with Gasteiger partial charge < -0.3 is 15.1 Å². The molecule has 0 aliphatic carbocycles. The second-order valence-electron chi connectivity index (χ2n) is 3.79. The SMILES string of the molecule is Cc1ocnc1C(=O)N1CCCC1CN.Cl. The molecule has 2 rings (SSSR count). The van der Waals surface area contributed by atoms with Gasteiger partial charge in [-0.25, -0.2) is 4.98 Å². The number of carbonyl (C=O) groups is 1. The quantitative estimate of drug-likeness (QED) is 0.843. The number of nitrogens with two attached hydrogens (primary N) is 1. The third kappa shape index (κ3) is 2.20. The summed E-state index contributed by atoms with van der Waals surface area (Å²) >= 11 is 0. The number of oxazole rings is 1. The van der Waals surface area contributed by atoms with Gasteiger partial charge in [0.1, 0.15) is 5.76 Å². The fourth-order valence-corrected chi connectivity index (χ4v) is 1.99. The molecule has 16 heavy (non-hydrogen) atoms. The molecule has 1 atom stereocenters. The van der Waals surface area contributed by atoms with Gasteiger partial charge in [0.2, 0.25) is 0 Å². The van der Waals surface area contributed by atoms with Crippen molar-refractivity contribution >= 4 is 18.3 Å². The van der Waals surface area contributed by atoms with Gasteiger partial charge in [-0.05, 0) is 19.8 Å². The molecule has 0 radical (unpaired) electrons. The first-order valence-electron chi connectivity index (χ1n) is 5.15. The summed E-state index contributed by atoms with van der Waals surface area (Å²) in [5, 5.41) is 0. The van der Waals surface area contributed by atoms with Gasteiger partial charge in [0, 0.05) is 19.1 Å². The maximum absolute atomic E-state index is 12.0. The van der Waals surface area contributed by atoms with E-state index in [1.165, 1.54) is 6.39 Å². The van der Waals surface area contributed by atoms with E-state index in [4.69, 9.17) is 10.2 Å². The third-order valence-corrected chi connectivity index (χ3v) is 2.86. The number of hydrogen-bond acceptors (Lipinski definition) is 4. The zero-order valence-electron chi connectivity index (χ0n) is 9.18. The molecule has 1 aliphatic heterocycles. The van der Waals surface area contributed by atoms with Crippen LogP contribution in [0.1, 0.15) is 29.1 Å². The van der Waals surface area contributed by atoms with Gasteiger partial charge in [0.15, 0.2) is 12.1 Å². The van der Waals surface area contributed by atoms with E-state index in [1.54, 1.807) is 11.8 Å². The van der Waals surface area contributed by atoms with Crippen molar-refractivity contribution < 1.29 is 9.21 Å². The van der Waals surface area contributed by atoms with Crippen molar-refractivity contribution in [1.82, 2.24) is 9.88 Å². The standard InChI is InChI=1S/C10H15N3O2.ClH/c1-7-9(12-6-15-7)10(14)13-4-2-3-8(13)5-11;/h6,8H,2-5,11H2,1H3;1H. The van der Waals surface area contributed by atoms with Gasteiger partial charge >= 0.3 is 0 Å². The van der Waals surface area contributed by atoms with Crippen LogP contribution in [0.3, 0.4) is 0 Å². The molecule has 1 aromatic rings. The average Bonchev–Trinajstić information content (AvgIpc) is 2.84. The highest BCUT2D eigenvalue weighted by Crippen LogP contribution is 2.19.